The van der Waals surface area contributed by atoms with Crippen LogP contribution in [0.5, 0.6) is 5.75 Å². The molecule has 0 amide bonds. The van der Waals surface area contributed by atoms with Crippen molar-refractivity contribution < 1.29 is 5.11 Å². The third-order valence-electron chi connectivity index (χ3n) is 5.54. The standard InChI is InChI=1S/C28H28OP2/c1-21-13-12-20-26(27(21)30-28(2,3)24-18-10-11-19-25(24)29)31(22-14-6-4-7-15-22)23-16-8-5-9-17-23/h4-20,29-30H,1-3H3. The minimum atomic E-state index is -0.668. The maximum absolute atomic E-state index is 10.5. The summed E-state index contributed by atoms with van der Waals surface area (Å²) in [5.74, 6) is 0.378. The van der Waals surface area contributed by atoms with Crippen LogP contribution in [0.1, 0.15) is 25.0 Å². The van der Waals surface area contributed by atoms with Gasteiger partial charge in [-0.15, -0.1) is 0 Å². The highest BCUT2D eigenvalue weighted by molar-refractivity contribution is 7.81. The maximum atomic E-state index is 10.5. The maximum Gasteiger partial charge on any atom is 0.119 e. The predicted molar refractivity (Wildman–Crippen MR) is 139 cm³/mol. The van der Waals surface area contributed by atoms with Crippen LogP contribution in [0.4, 0.5) is 0 Å². The number of hydrogen-bond donors (Lipinski definition) is 1. The molecule has 0 radical (unpaired) electrons. The van der Waals surface area contributed by atoms with Crippen molar-refractivity contribution in [3.63, 3.8) is 0 Å². The SMILES string of the molecule is Cc1cccc(P(c2ccccc2)c2ccccc2)c1PC(C)(C)c1ccccc1O. The first-order valence-electron chi connectivity index (χ1n) is 10.5. The molecule has 156 valence electrons. The van der Waals surface area contributed by atoms with E-state index in [0.717, 1.165) is 5.56 Å². The molecule has 0 saturated heterocycles. The number of para-hydroxylation sites is 1. The number of rotatable bonds is 6. The molecular formula is C28H28OP2. The quantitative estimate of drug-likeness (QED) is 0.380. The van der Waals surface area contributed by atoms with Crippen LogP contribution in [-0.2, 0) is 5.16 Å². The summed E-state index contributed by atoms with van der Waals surface area (Å²) in [6.45, 7) is 6.70. The summed E-state index contributed by atoms with van der Waals surface area (Å²) in [5, 5.41) is 15.9. The Morgan fingerprint density at radius 3 is 1.81 bits per heavy atom. The molecule has 3 heteroatoms. The zero-order valence-electron chi connectivity index (χ0n) is 18.2. The lowest BCUT2D eigenvalue weighted by atomic mass is 10.0. The Labute approximate surface area is 188 Å². The van der Waals surface area contributed by atoms with Crippen LogP contribution in [0, 0.1) is 6.92 Å². The topological polar surface area (TPSA) is 20.2 Å². The molecule has 0 heterocycles. The second kappa shape index (κ2) is 9.35. The van der Waals surface area contributed by atoms with Gasteiger partial charge in [-0.25, -0.2) is 0 Å². The van der Waals surface area contributed by atoms with Gasteiger partial charge in [0.1, 0.15) is 5.75 Å². The third-order valence-corrected chi connectivity index (χ3v) is 10.0. The number of aryl methyl sites for hydroxylation is 1. The fourth-order valence-electron chi connectivity index (χ4n) is 3.96. The van der Waals surface area contributed by atoms with Crippen molar-refractivity contribution in [3.8, 4) is 5.75 Å². The highest BCUT2D eigenvalue weighted by Crippen LogP contribution is 2.45. The summed E-state index contributed by atoms with van der Waals surface area (Å²) in [7, 11) is -0.127. The van der Waals surface area contributed by atoms with Crippen molar-refractivity contribution in [2.45, 2.75) is 25.9 Å². The van der Waals surface area contributed by atoms with Crippen LogP contribution < -0.4 is 21.2 Å². The largest absolute Gasteiger partial charge is 0.508 e. The molecule has 1 nitrogen and oxygen atoms in total. The van der Waals surface area contributed by atoms with E-state index in [9.17, 15) is 5.11 Å². The molecule has 1 atom stereocenters. The van der Waals surface area contributed by atoms with Crippen molar-refractivity contribution >= 4 is 37.7 Å². The molecule has 4 rings (SSSR count). The number of benzene rings is 4. The van der Waals surface area contributed by atoms with Crippen molar-refractivity contribution in [2.75, 3.05) is 0 Å². The first-order chi connectivity index (χ1) is 15.0. The van der Waals surface area contributed by atoms with E-state index < -0.39 is 7.92 Å². The van der Waals surface area contributed by atoms with Crippen LogP contribution in [-0.4, -0.2) is 5.11 Å². The molecule has 0 saturated carbocycles. The van der Waals surface area contributed by atoms with E-state index in [1.54, 1.807) is 6.07 Å². The van der Waals surface area contributed by atoms with E-state index in [1.807, 2.05) is 12.1 Å². The van der Waals surface area contributed by atoms with Gasteiger partial charge in [-0.1, -0.05) is 119 Å². The van der Waals surface area contributed by atoms with Gasteiger partial charge in [-0.2, -0.15) is 0 Å². The Bertz CT molecular complexity index is 1110. The van der Waals surface area contributed by atoms with Gasteiger partial charge in [0.05, 0.1) is 0 Å². The number of hydrogen-bond acceptors (Lipinski definition) is 1. The Morgan fingerprint density at radius 1 is 0.677 bits per heavy atom. The van der Waals surface area contributed by atoms with Gasteiger partial charge in [0, 0.05) is 10.7 Å². The van der Waals surface area contributed by atoms with Crippen molar-refractivity contribution in [1.29, 1.82) is 0 Å². The van der Waals surface area contributed by atoms with Crippen molar-refractivity contribution in [3.05, 3.63) is 114 Å². The first kappa shape index (κ1) is 21.8. The summed E-state index contributed by atoms with van der Waals surface area (Å²) in [4.78, 5) is 0. The van der Waals surface area contributed by atoms with Gasteiger partial charge in [0.25, 0.3) is 0 Å². The molecule has 0 aliphatic heterocycles. The van der Waals surface area contributed by atoms with Gasteiger partial charge in [0.2, 0.25) is 0 Å². The fraction of sp³-hybridized carbons (Fsp3) is 0.143. The molecule has 0 spiro atoms. The zero-order chi connectivity index (χ0) is 21.8. The van der Waals surface area contributed by atoms with Crippen LogP contribution in [0.25, 0.3) is 0 Å². The fourth-order valence-corrected chi connectivity index (χ4v) is 8.36. The van der Waals surface area contributed by atoms with E-state index in [4.69, 9.17) is 0 Å². The lowest BCUT2D eigenvalue weighted by Crippen LogP contribution is -2.32. The number of aromatic hydroxyl groups is 1. The molecule has 4 aromatic rings. The van der Waals surface area contributed by atoms with Crippen molar-refractivity contribution in [2.24, 2.45) is 0 Å². The van der Waals surface area contributed by atoms with E-state index in [-0.39, 0.29) is 5.16 Å². The molecule has 31 heavy (non-hydrogen) atoms. The molecule has 1 unspecified atom stereocenters. The van der Waals surface area contributed by atoms with Gasteiger partial charge in [-0.3, -0.25) is 0 Å². The smallest absolute Gasteiger partial charge is 0.119 e. The van der Waals surface area contributed by atoms with Gasteiger partial charge in [-0.05, 0) is 47.7 Å². The molecule has 0 fully saturated rings. The van der Waals surface area contributed by atoms with Crippen LogP contribution in [0.15, 0.2) is 103 Å². The summed E-state index contributed by atoms with van der Waals surface area (Å²) >= 11 is 0. The highest BCUT2D eigenvalue weighted by Gasteiger charge is 2.28. The summed E-state index contributed by atoms with van der Waals surface area (Å²) in [6.07, 6.45) is 0. The average Bonchev–Trinajstić information content (AvgIpc) is 2.78. The molecule has 0 aliphatic carbocycles. The molecule has 4 aromatic carbocycles. The van der Waals surface area contributed by atoms with Gasteiger partial charge < -0.3 is 5.11 Å². The highest BCUT2D eigenvalue weighted by atomic mass is 31.1. The first-order valence-corrected chi connectivity index (χ1v) is 12.9. The van der Waals surface area contributed by atoms with Crippen molar-refractivity contribution in [1.82, 2.24) is 0 Å². The Kier molecular flexibility index (Phi) is 6.57. The Morgan fingerprint density at radius 2 is 1.23 bits per heavy atom. The molecular weight excluding hydrogens is 414 g/mol. The van der Waals surface area contributed by atoms with E-state index in [1.165, 1.54) is 26.8 Å². The monoisotopic (exact) mass is 442 g/mol. The predicted octanol–water partition coefficient (Wildman–Crippen LogP) is 5.70. The summed E-state index contributed by atoms with van der Waals surface area (Å²) < 4.78 is 0. The zero-order valence-corrected chi connectivity index (χ0v) is 20.1. The van der Waals surface area contributed by atoms with Gasteiger partial charge >= 0.3 is 0 Å². The van der Waals surface area contributed by atoms with E-state index in [2.05, 4.69) is 106 Å². The second-order valence-corrected chi connectivity index (χ2v) is 12.4. The van der Waals surface area contributed by atoms with E-state index >= 15 is 0 Å². The van der Waals surface area contributed by atoms with Crippen LogP contribution in [0.3, 0.4) is 0 Å². The Balaban J connectivity index is 1.86. The average molecular weight is 442 g/mol. The van der Waals surface area contributed by atoms with Crippen LogP contribution >= 0.6 is 16.5 Å². The Hall–Kier alpha value is -2.46. The lowest BCUT2D eigenvalue weighted by molar-refractivity contribution is 0.461. The normalized spacial score (nSPS) is 12.0. The second-order valence-electron chi connectivity index (χ2n) is 8.24. The molecule has 1 N–H and O–H groups in total. The minimum absolute atomic E-state index is 0.166. The summed E-state index contributed by atoms with van der Waals surface area (Å²) in [5.41, 5.74) is 2.32. The third kappa shape index (κ3) is 4.74. The molecule has 0 aliphatic rings. The van der Waals surface area contributed by atoms with Gasteiger partial charge in [0.15, 0.2) is 0 Å². The van der Waals surface area contributed by atoms with E-state index in [0.29, 0.717) is 14.3 Å². The summed E-state index contributed by atoms with van der Waals surface area (Å²) in [6, 6.07) is 36.2. The number of phenolic OH excluding ortho intramolecular Hbond substituents is 1. The lowest BCUT2D eigenvalue weighted by Gasteiger charge is -2.30. The molecule has 0 bridgehead atoms. The van der Waals surface area contributed by atoms with Crippen LogP contribution in [0.2, 0.25) is 0 Å². The minimum Gasteiger partial charge on any atom is -0.508 e. The molecule has 0 aromatic heterocycles. The number of phenols is 1.